The minimum atomic E-state index is 0.650. The van der Waals surface area contributed by atoms with E-state index in [2.05, 4.69) is 27.4 Å². The van der Waals surface area contributed by atoms with E-state index in [9.17, 15) is 0 Å². The van der Waals surface area contributed by atoms with Crippen molar-refractivity contribution in [1.29, 1.82) is 0 Å². The van der Waals surface area contributed by atoms with Gasteiger partial charge in [-0.25, -0.2) is 0 Å². The Morgan fingerprint density at radius 1 is 1.44 bits per heavy atom. The van der Waals surface area contributed by atoms with Crippen molar-refractivity contribution in [2.45, 2.75) is 44.3 Å². The normalized spacial score (nSPS) is 26.2. The minimum Gasteiger partial charge on any atom is -0.338 e. The lowest BCUT2D eigenvalue weighted by Crippen LogP contribution is -2.39. The maximum Gasteiger partial charge on any atom is 0.240 e. The van der Waals surface area contributed by atoms with E-state index < -0.39 is 0 Å². The fourth-order valence-electron chi connectivity index (χ4n) is 2.41. The second-order valence-corrected chi connectivity index (χ2v) is 4.54. The van der Waals surface area contributed by atoms with Crippen molar-refractivity contribution >= 4 is 0 Å². The number of hydrogen-bond acceptors (Lipinski definition) is 5. The number of nitrogens with zero attached hydrogens (tertiary/aromatic N) is 3. The highest BCUT2D eigenvalue weighted by Crippen LogP contribution is 2.22. The average molecular weight is 224 g/mol. The van der Waals surface area contributed by atoms with Crippen molar-refractivity contribution in [1.82, 2.24) is 20.4 Å². The first-order valence-electron chi connectivity index (χ1n) is 5.92. The van der Waals surface area contributed by atoms with E-state index >= 15 is 0 Å². The molecule has 0 aromatic carbocycles. The monoisotopic (exact) mass is 224 g/mol. The van der Waals surface area contributed by atoms with E-state index in [0.29, 0.717) is 18.0 Å². The molecule has 1 aromatic heterocycles. The first kappa shape index (κ1) is 11.5. The molecule has 16 heavy (non-hydrogen) atoms. The Bertz CT molecular complexity index is 293. The van der Waals surface area contributed by atoms with Crippen LogP contribution in [-0.2, 0) is 6.54 Å². The van der Waals surface area contributed by atoms with Crippen molar-refractivity contribution in [2.24, 2.45) is 0 Å². The van der Waals surface area contributed by atoms with Crippen molar-refractivity contribution in [3.63, 3.8) is 0 Å². The van der Waals surface area contributed by atoms with Crippen LogP contribution in [0, 0.1) is 0 Å². The molecule has 0 saturated heterocycles. The van der Waals surface area contributed by atoms with Crippen molar-refractivity contribution in [2.75, 3.05) is 14.1 Å². The van der Waals surface area contributed by atoms with Crippen LogP contribution in [-0.4, -0.2) is 41.2 Å². The van der Waals surface area contributed by atoms with E-state index in [1.54, 1.807) is 0 Å². The third-order valence-corrected chi connectivity index (χ3v) is 3.52. The standard InChI is InChI=1S/C11H20N4O/c1-12-9-3-5-10(6-4-9)15(2)7-11-13-8-14-16-11/h8-10,12H,3-7H2,1-2H3. The molecule has 1 aromatic rings. The average Bonchev–Trinajstić information content (AvgIpc) is 2.82. The van der Waals surface area contributed by atoms with Crippen LogP contribution in [0.1, 0.15) is 31.6 Å². The number of rotatable bonds is 4. The van der Waals surface area contributed by atoms with Crippen LogP contribution in [0.15, 0.2) is 10.9 Å². The summed E-state index contributed by atoms with van der Waals surface area (Å²) in [4.78, 5) is 6.37. The van der Waals surface area contributed by atoms with Crippen molar-refractivity contribution < 1.29 is 4.52 Å². The molecule has 5 nitrogen and oxygen atoms in total. The molecule has 0 unspecified atom stereocenters. The molecular weight excluding hydrogens is 204 g/mol. The minimum absolute atomic E-state index is 0.650. The van der Waals surface area contributed by atoms with Gasteiger partial charge in [-0.05, 0) is 39.8 Å². The molecule has 0 spiro atoms. The molecule has 1 heterocycles. The highest BCUT2D eigenvalue weighted by Gasteiger charge is 2.23. The number of nitrogens with one attached hydrogen (secondary N) is 1. The lowest BCUT2D eigenvalue weighted by atomic mass is 9.90. The molecule has 1 aliphatic carbocycles. The summed E-state index contributed by atoms with van der Waals surface area (Å²) in [7, 11) is 4.18. The van der Waals surface area contributed by atoms with Crippen LogP contribution in [0.5, 0.6) is 0 Å². The van der Waals surface area contributed by atoms with E-state index in [4.69, 9.17) is 4.52 Å². The second-order valence-electron chi connectivity index (χ2n) is 4.54. The van der Waals surface area contributed by atoms with Gasteiger partial charge in [0.15, 0.2) is 6.33 Å². The Morgan fingerprint density at radius 3 is 2.75 bits per heavy atom. The molecular formula is C11H20N4O. The first-order chi connectivity index (χ1) is 7.79. The summed E-state index contributed by atoms with van der Waals surface area (Å²) in [5, 5.41) is 6.97. The molecule has 1 aliphatic rings. The Morgan fingerprint density at radius 2 is 2.19 bits per heavy atom. The lowest BCUT2D eigenvalue weighted by Gasteiger charge is -2.33. The van der Waals surface area contributed by atoms with Crippen molar-refractivity contribution in [3.05, 3.63) is 12.2 Å². The van der Waals surface area contributed by atoms with E-state index in [1.165, 1.54) is 32.0 Å². The summed E-state index contributed by atoms with van der Waals surface area (Å²) in [6, 6.07) is 1.35. The van der Waals surface area contributed by atoms with Crippen LogP contribution in [0.4, 0.5) is 0 Å². The maximum atomic E-state index is 5.02. The molecule has 0 aliphatic heterocycles. The first-order valence-corrected chi connectivity index (χ1v) is 5.92. The SMILES string of the molecule is CNC1CCC(N(C)Cc2ncno2)CC1. The van der Waals surface area contributed by atoms with E-state index in [-0.39, 0.29) is 0 Å². The van der Waals surface area contributed by atoms with Gasteiger partial charge in [-0.3, -0.25) is 4.90 Å². The van der Waals surface area contributed by atoms with Gasteiger partial charge in [0, 0.05) is 12.1 Å². The van der Waals surface area contributed by atoms with Crippen LogP contribution in [0.3, 0.4) is 0 Å². The Balaban J connectivity index is 1.80. The molecule has 5 heteroatoms. The zero-order chi connectivity index (χ0) is 11.4. The quantitative estimate of drug-likeness (QED) is 0.828. The highest BCUT2D eigenvalue weighted by molar-refractivity contribution is 4.83. The highest BCUT2D eigenvalue weighted by atomic mass is 16.5. The molecule has 0 radical (unpaired) electrons. The molecule has 0 amide bonds. The van der Waals surface area contributed by atoms with Gasteiger partial charge < -0.3 is 9.84 Å². The van der Waals surface area contributed by atoms with Gasteiger partial charge in [-0.15, -0.1) is 0 Å². The largest absolute Gasteiger partial charge is 0.338 e. The molecule has 90 valence electrons. The fourth-order valence-corrected chi connectivity index (χ4v) is 2.41. The summed E-state index contributed by atoms with van der Waals surface area (Å²) in [6.07, 6.45) is 6.47. The number of aromatic nitrogens is 2. The third-order valence-electron chi connectivity index (χ3n) is 3.52. The Hall–Kier alpha value is -0.940. The molecule has 0 atom stereocenters. The van der Waals surface area contributed by atoms with Crippen LogP contribution < -0.4 is 5.32 Å². The third kappa shape index (κ3) is 2.80. The van der Waals surface area contributed by atoms with Gasteiger partial charge >= 0.3 is 0 Å². The number of hydrogen-bond donors (Lipinski definition) is 1. The van der Waals surface area contributed by atoms with Gasteiger partial charge in [-0.2, -0.15) is 4.98 Å². The smallest absolute Gasteiger partial charge is 0.240 e. The fraction of sp³-hybridized carbons (Fsp3) is 0.818. The molecule has 2 rings (SSSR count). The molecule has 0 bridgehead atoms. The summed E-state index contributed by atoms with van der Waals surface area (Å²) >= 11 is 0. The van der Waals surface area contributed by atoms with Crippen LogP contribution >= 0.6 is 0 Å². The maximum absolute atomic E-state index is 5.02. The van der Waals surface area contributed by atoms with E-state index in [1.807, 2.05) is 7.05 Å². The summed E-state index contributed by atoms with van der Waals surface area (Å²) in [6.45, 7) is 0.759. The zero-order valence-electron chi connectivity index (χ0n) is 10.0. The zero-order valence-corrected chi connectivity index (χ0v) is 10.0. The van der Waals surface area contributed by atoms with Gasteiger partial charge in [0.2, 0.25) is 5.89 Å². The molecule has 1 N–H and O–H groups in total. The lowest BCUT2D eigenvalue weighted by molar-refractivity contribution is 0.153. The van der Waals surface area contributed by atoms with Crippen molar-refractivity contribution in [3.8, 4) is 0 Å². The molecule has 1 fully saturated rings. The predicted octanol–water partition coefficient (Wildman–Crippen LogP) is 1.03. The van der Waals surface area contributed by atoms with Crippen LogP contribution in [0.25, 0.3) is 0 Å². The predicted molar refractivity (Wildman–Crippen MR) is 60.9 cm³/mol. The second kappa shape index (κ2) is 5.41. The van der Waals surface area contributed by atoms with Crippen LogP contribution in [0.2, 0.25) is 0 Å². The summed E-state index contributed by atoms with van der Waals surface area (Å²) in [5.74, 6) is 0.707. The van der Waals surface area contributed by atoms with E-state index in [0.717, 1.165) is 6.54 Å². The topological polar surface area (TPSA) is 54.2 Å². The van der Waals surface area contributed by atoms with Gasteiger partial charge in [-0.1, -0.05) is 5.16 Å². The van der Waals surface area contributed by atoms with Gasteiger partial charge in [0.25, 0.3) is 0 Å². The Labute approximate surface area is 96.2 Å². The van der Waals surface area contributed by atoms with Gasteiger partial charge in [0.05, 0.1) is 6.54 Å². The molecule has 1 saturated carbocycles. The summed E-state index contributed by atoms with van der Waals surface area (Å²) in [5.41, 5.74) is 0. The Kier molecular flexibility index (Phi) is 3.90. The summed E-state index contributed by atoms with van der Waals surface area (Å²) < 4.78 is 5.02. The van der Waals surface area contributed by atoms with Gasteiger partial charge in [0.1, 0.15) is 0 Å².